The maximum absolute atomic E-state index is 11.6. The Morgan fingerprint density at radius 2 is 1.37 bits per heavy atom. The third kappa shape index (κ3) is 7.44. The van der Waals surface area contributed by atoms with Gasteiger partial charge in [-0.2, -0.15) is 0 Å². The molecule has 0 fully saturated rings. The molecule has 0 amide bonds. The summed E-state index contributed by atoms with van der Waals surface area (Å²) in [6, 6.07) is 14.2. The van der Waals surface area contributed by atoms with Crippen molar-refractivity contribution in [2.75, 3.05) is 0 Å². The van der Waals surface area contributed by atoms with E-state index >= 15 is 0 Å². The van der Waals surface area contributed by atoms with E-state index in [1.54, 1.807) is 42.6 Å². The molecular weight excluding hydrogens is 342 g/mol. The fourth-order valence-electron chi connectivity index (χ4n) is 2.26. The summed E-state index contributed by atoms with van der Waals surface area (Å²) in [5.41, 5.74) is 1.64. The van der Waals surface area contributed by atoms with Gasteiger partial charge in [-0.15, -0.1) is 0 Å². The average Bonchev–Trinajstić information content (AvgIpc) is 2.67. The second-order valence-corrected chi connectivity index (χ2v) is 6.12. The van der Waals surface area contributed by atoms with Gasteiger partial charge in [-0.25, -0.2) is 0 Å². The number of nitrogens with zero attached hydrogens (tertiary/aromatic N) is 1. The Kier molecular flexibility index (Phi) is 8.23. The van der Waals surface area contributed by atoms with Crippen molar-refractivity contribution in [1.29, 1.82) is 0 Å². The Morgan fingerprint density at radius 3 is 1.93 bits per heavy atom. The van der Waals surface area contributed by atoms with Crippen LogP contribution in [-0.2, 0) is 9.59 Å². The predicted octanol–water partition coefficient (Wildman–Crippen LogP) is 5.24. The van der Waals surface area contributed by atoms with Crippen LogP contribution in [0.15, 0.2) is 53.5 Å². The van der Waals surface area contributed by atoms with Crippen molar-refractivity contribution in [2.45, 2.75) is 46.0 Å². The lowest BCUT2D eigenvalue weighted by Gasteiger charge is -2.04. The van der Waals surface area contributed by atoms with Crippen LogP contribution in [0, 0.1) is 0 Å². The summed E-state index contributed by atoms with van der Waals surface area (Å²) in [4.78, 5) is 27.5. The number of rotatable bonds is 9. The van der Waals surface area contributed by atoms with Crippen molar-refractivity contribution in [2.24, 2.45) is 4.99 Å². The second-order valence-electron chi connectivity index (χ2n) is 6.12. The lowest BCUT2D eigenvalue weighted by atomic mass is 10.2. The Bertz CT molecular complexity index is 764. The van der Waals surface area contributed by atoms with Gasteiger partial charge in [0.05, 0.1) is 5.69 Å². The van der Waals surface area contributed by atoms with Crippen LogP contribution in [-0.4, -0.2) is 18.2 Å². The molecule has 0 radical (unpaired) electrons. The van der Waals surface area contributed by atoms with Gasteiger partial charge in [-0.3, -0.25) is 14.6 Å². The van der Waals surface area contributed by atoms with Gasteiger partial charge >= 0.3 is 11.9 Å². The first kappa shape index (κ1) is 20.4. The fourth-order valence-corrected chi connectivity index (χ4v) is 2.26. The number of carbonyl (C=O) groups excluding carboxylic acids is 2. The highest BCUT2D eigenvalue weighted by Gasteiger charge is 2.04. The Morgan fingerprint density at radius 1 is 0.815 bits per heavy atom. The van der Waals surface area contributed by atoms with E-state index in [2.05, 4.69) is 4.99 Å². The zero-order chi connectivity index (χ0) is 19.5. The summed E-state index contributed by atoms with van der Waals surface area (Å²) < 4.78 is 10.5. The van der Waals surface area contributed by atoms with Gasteiger partial charge in [-0.1, -0.05) is 20.3 Å². The van der Waals surface area contributed by atoms with E-state index in [9.17, 15) is 9.59 Å². The maximum Gasteiger partial charge on any atom is 0.311 e. The maximum atomic E-state index is 11.6. The van der Waals surface area contributed by atoms with Crippen LogP contribution in [0.1, 0.15) is 51.5 Å². The first-order valence-corrected chi connectivity index (χ1v) is 9.26. The van der Waals surface area contributed by atoms with Crippen LogP contribution in [0.3, 0.4) is 0 Å². The number of aliphatic imine (C=N–C) groups is 1. The van der Waals surface area contributed by atoms with E-state index in [1.165, 1.54) is 0 Å². The summed E-state index contributed by atoms with van der Waals surface area (Å²) in [6.07, 6.45) is 5.12. The summed E-state index contributed by atoms with van der Waals surface area (Å²) in [7, 11) is 0. The quantitative estimate of drug-likeness (QED) is 0.345. The molecule has 0 aliphatic carbocycles. The average molecular weight is 367 g/mol. The summed E-state index contributed by atoms with van der Waals surface area (Å²) in [6.45, 7) is 3.97. The van der Waals surface area contributed by atoms with Crippen LogP contribution < -0.4 is 9.47 Å². The van der Waals surface area contributed by atoms with Crippen LogP contribution >= 0.6 is 0 Å². The van der Waals surface area contributed by atoms with Gasteiger partial charge in [0.15, 0.2) is 0 Å². The monoisotopic (exact) mass is 367 g/mol. The molecule has 0 saturated heterocycles. The molecule has 0 bridgehead atoms. The number of carbonyl (C=O) groups is 2. The Labute approximate surface area is 160 Å². The van der Waals surface area contributed by atoms with Crippen LogP contribution in [0.2, 0.25) is 0 Å². The zero-order valence-electron chi connectivity index (χ0n) is 15.8. The number of ether oxygens (including phenoxy) is 2. The van der Waals surface area contributed by atoms with E-state index in [4.69, 9.17) is 9.47 Å². The van der Waals surface area contributed by atoms with Crippen molar-refractivity contribution in [3.8, 4) is 11.5 Å². The largest absolute Gasteiger partial charge is 0.427 e. The molecule has 0 N–H and O–H groups in total. The minimum Gasteiger partial charge on any atom is -0.427 e. The highest BCUT2D eigenvalue weighted by atomic mass is 16.5. The Balaban J connectivity index is 1.89. The van der Waals surface area contributed by atoms with Crippen molar-refractivity contribution in [3.63, 3.8) is 0 Å². The highest BCUT2D eigenvalue weighted by molar-refractivity contribution is 5.82. The normalized spacial score (nSPS) is 10.7. The zero-order valence-corrected chi connectivity index (χ0v) is 15.8. The second kappa shape index (κ2) is 10.9. The van der Waals surface area contributed by atoms with E-state index in [1.807, 2.05) is 26.0 Å². The molecule has 0 aliphatic heterocycles. The molecule has 0 saturated carbocycles. The van der Waals surface area contributed by atoms with Gasteiger partial charge in [0.1, 0.15) is 11.5 Å². The van der Waals surface area contributed by atoms with Gasteiger partial charge < -0.3 is 9.47 Å². The van der Waals surface area contributed by atoms with Crippen LogP contribution in [0.25, 0.3) is 0 Å². The van der Waals surface area contributed by atoms with Crippen LogP contribution in [0.4, 0.5) is 5.69 Å². The first-order chi connectivity index (χ1) is 13.1. The standard InChI is InChI=1S/C22H25NO4/c1-3-5-7-22(25)27-19-12-8-17(9-13-19)16-23-18-10-14-20(15-11-18)26-21(24)6-4-2/h8-16H,3-7H2,1-2H3. The molecule has 0 heterocycles. The van der Waals surface area contributed by atoms with Crippen molar-refractivity contribution in [3.05, 3.63) is 54.1 Å². The van der Waals surface area contributed by atoms with Gasteiger partial charge in [-0.05, 0) is 66.9 Å². The van der Waals surface area contributed by atoms with Crippen molar-refractivity contribution in [1.82, 2.24) is 0 Å². The SMILES string of the molecule is CCCCC(=O)Oc1ccc(C=Nc2ccc(OC(=O)CCC)cc2)cc1. The summed E-state index contributed by atoms with van der Waals surface area (Å²) >= 11 is 0. The molecule has 2 aromatic carbocycles. The molecule has 0 aromatic heterocycles. The lowest BCUT2D eigenvalue weighted by molar-refractivity contribution is -0.135. The molecule has 0 spiro atoms. The number of unbranched alkanes of at least 4 members (excludes halogenated alkanes) is 1. The van der Waals surface area contributed by atoms with Gasteiger partial charge in [0, 0.05) is 19.1 Å². The molecule has 5 nitrogen and oxygen atoms in total. The molecule has 0 unspecified atom stereocenters. The third-order valence-corrected chi connectivity index (χ3v) is 3.73. The van der Waals surface area contributed by atoms with Gasteiger partial charge in [0.25, 0.3) is 0 Å². The minimum absolute atomic E-state index is 0.210. The number of benzene rings is 2. The molecule has 142 valence electrons. The number of esters is 2. The number of hydrogen-bond donors (Lipinski definition) is 0. The molecule has 5 heteroatoms. The molecule has 0 aliphatic rings. The van der Waals surface area contributed by atoms with Crippen LogP contribution in [0.5, 0.6) is 11.5 Å². The lowest BCUT2D eigenvalue weighted by Crippen LogP contribution is -2.07. The molecule has 27 heavy (non-hydrogen) atoms. The van der Waals surface area contributed by atoms with E-state index < -0.39 is 0 Å². The molecule has 0 atom stereocenters. The smallest absolute Gasteiger partial charge is 0.311 e. The topological polar surface area (TPSA) is 65.0 Å². The molecule has 2 aromatic rings. The predicted molar refractivity (Wildman–Crippen MR) is 106 cm³/mol. The van der Waals surface area contributed by atoms with Gasteiger partial charge in [0.2, 0.25) is 0 Å². The summed E-state index contributed by atoms with van der Waals surface area (Å²) in [5, 5.41) is 0. The Hall–Kier alpha value is -2.95. The molecule has 2 rings (SSSR count). The summed E-state index contributed by atoms with van der Waals surface area (Å²) in [5.74, 6) is 0.607. The first-order valence-electron chi connectivity index (χ1n) is 9.26. The highest BCUT2D eigenvalue weighted by Crippen LogP contribution is 2.19. The fraction of sp³-hybridized carbons (Fsp3) is 0.318. The third-order valence-electron chi connectivity index (χ3n) is 3.73. The number of hydrogen-bond acceptors (Lipinski definition) is 5. The van der Waals surface area contributed by atoms with Crippen molar-refractivity contribution < 1.29 is 19.1 Å². The van der Waals surface area contributed by atoms with E-state index in [-0.39, 0.29) is 11.9 Å². The van der Waals surface area contributed by atoms with E-state index in [0.29, 0.717) is 24.3 Å². The molecular formula is C22H25NO4. The van der Waals surface area contributed by atoms with Crippen molar-refractivity contribution >= 4 is 23.8 Å². The van der Waals surface area contributed by atoms with E-state index in [0.717, 1.165) is 30.5 Å². The minimum atomic E-state index is -0.232.